The van der Waals surface area contributed by atoms with E-state index in [-0.39, 0.29) is 5.60 Å². The van der Waals surface area contributed by atoms with Gasteiger partial charge in [-0.15, -0.1) is 0 Å². The zero-order valence-corrected chi connectivity index (χ0v) is 7.27. The summed E-state index contributed by atoms with van der Waals surface area (Å²) in [6, 6.07) is 0. The van der Waals surface area contributed by atoms with Crippen molar-refractivity contribution in [3.63, 3.8) is 0 Å². The van der Waals surface area contributed by atoms with Crippen LogP contribution in [0.4, 0.5) is 0 Å². The minimum absolute atomic E-state index is 0.171. The lowest BCUT2D eigenvalue weighted by atomic mass is 10.2. The summed E-state index contributed by atoms with van der Waals surface area (Å²) in [4.78, 5) is 0. The van der Waals surface area contributed by atoms with Crippen LogP contribution in [-0.4, -0.2) is 5.60 Å². The van der Waals surface area contributed by atoms with Gasteiger partial charge in [-0.2, -0.15) is 0 Å². The van der Waals surface area contributed by atoms with E-state index < -0.39 is 0 Å². The number of nitrogens with two attached hydrogens (primary N) is 1. The second-order valence-electron chi connectivity index (χ2n) is 3.23. The average molecular weight is 143 g/mol. The molecular weight excluding hydrogens is 126 g/mol. The van der Waals surface area contributed by atoms with Gasteiger partial charge < -0.3 is 10.5 Å². The molecule has 2 heteroatoms. The predicted molar refractivity (Wildman–Crippen MR) is 43.4 cm³/mol. The van der Waals surface area contributed by atoms with Crippen LogP contribution in [-0.2, 0) is 4.74 Å². The normalized spacial score (nSPS) is 13.4. The standard InChI is InChI=1S/C8H17NO/c1-5-6-7(9)10-8(2,3)4/h6H,5,9H2,1-4H3/b7-6-. The van der Waals surface area contributed by atoms with E-state index in [0.717, 1.165) is 6.42 Å². The zero-order valence-electron chi connectivity index (χ0n) is 7.27. The number of hydrogen-bond acceptors (Lipinski definition) is 2. The summed E-state index contributed by atoms with van der Waals surface area (Å²) >= 11 is 0. The lowest BCUT2D eigenvalue weighted by Crippen LogP contribution is -2.21. The average Bonchev–Trinajstić information content (AvgIpc) is 1.59. The molecule has 0 radical (unpaired) electrons. The van der Waals surface area contributed by atoms with Crippen molar-refractivity contribution in [1.82, 2.24) is 0 Å². The second-order valence-corrected chi connectivity index (χ2v) is 3.23. The zero-order chi connectivity index (χ0) is 8.20. The molecule has 10 heavy (non-hydrogen) atoms. The Balaban J connectivity index is 3.79. The third kappa shape index (κ3) is 5.48. The van der Waals surface area contributed by atoms with Crippen LogP contribution in [0.15, 0.2) is 12.0 Å². The molecule has 0 atom stereocenters. The van der Waals surface area contributed by atoms with Crippen LogP contribution in [0.1, 0.15) is 34.1 Å². The Morgan fingerprint density at radius 1 is 1.50 bits per heavy atom. The second kappa shape index (κ2) is 3.49. The summed E-state index contributed by atoms with van der Waals surface area (Å²) in [6.45, 7) is 7.95. The maximum atomic E-state index is 5.51. The summed E-state index contributed by atoms with van der Waals surface area (Å²) < 4.78 is 5.32. The molecule has 2 N–H and O–H groups in total. The van der Waals surface area contributed by atoms with Crippen LogP contribution in [0.3, 0.4) is 0 Å². The molecule has 0 saturated carbocycles. The Hall–Kier alpha value is -0.660. The van der Waals surface area contributed by atoms with Gasteiger partial charge in [-0.3, -0.25) is 0 Å². The lowest BCUT2D eigenvalue weighted by Gasteiger charge is -2.20. The van der Waals surface area contributed by atoms with Gasteiger partial charge in [0.05, 0.1) is 0 Å². The topological polar surface area (TPSA) is 35.2 Å². The number of allylic oxidation sites excluding steroid dienone is 1. The van der Waals surface area contributed by atoms with Crippen LogP contribution in [0.25, 0.3) is 0 Å². The molecule has 0 aliphatic carbocycles. The van der Waals surface area contributed by atoms with Crippen molar-refractivity contribution >= 4 is 0 Å². The van der Waals surface area contributed by atoms with Gasteiger partial charge in [0.2, 0.25) is 0 Å². The Bertz CT molecular complexity index is 122. The maximum Gasteiger partial charge on any atom is 0.180 e. The van der Waals surface area contributed by atoms with Crippen molar-refractivity contribution in [2.45, 2.75) is 39.7 Å². The Morgan fingerprint density at radius 2 is 2.00 bits per heavy atom. The molecule has 0 aromatic rings. The molecule has 60 valence electrons. The third-order valence-corrected chi connectivity index (χ3v) is 0.829. The van der Waals surface area contributed by atoms with Crippen molar-refractivity contribution in [3.8, 4) is 0 Å². The van der Waals surface area contributed by atoms with E-state index in [2.05, 4.69) is 0 Å². The molecule has 0 aliphatic rings. The van der Waals surface area contributed by atoms with E-state index in [1.807, 2.05) is 33.8 Å². The highest BCUT2D eigenvalue weighted by Gasteiger charge is 2.10. The monoisotopic (exact) mass is 143 g/mol. The minimum Gasteiger partial charge on any atom is -0.474 e. The maximum absolute atomic E-state index is 5.51. The number of rotatable bonds is 2. The Labute approximate surface area is 63.1 Å². The largest absolute Gasteiger partial charge is 0.474 e. The number of ether oxygens (including phenoxy) is 1. The van der Waals surface area contributed by atoms with Crippen molar-refractivity contribution < 1.29 is 4.74 Å². The first-order chi connectivity index (χ1) is 4.45. The molecule has 2 nitrogen and oxygen atoms in total. The Kier molecular flexibility index (Phi) is 3.26. The fourth-order valence-corrected chi connectivity index (χ4v) is 0.596. The first-order valence-corrected chi connectivity index (χ1v) is 3.60. The predicted octanol–water partition coefficient (Wildman–Crippen LogP) is 2.01. The van der Waals surface area contributed by atoms with E-state index >= 15 is 0 Å². The van der Waals surface area contributed by atoms with Crippen molar-refractivity contribution in [2.24, 2.45) is 5.73 Å². The fourth-order valence-electron chi connectivity index (χ4n) is 0.596. The van der Waals surface area contributed by atoms with E-state index in [9.17, 15) is 0 Å². The van der Waals surface area contributed by atoms with Gasteiger partial charge in [0, 0.05) is 0 Å². The van der Waals surface area contributed by atoms with Gasteiger partial charge in [0.1, 0.15) is 5.60 Å². The molecule has 0 aliphatic heterocycles. The van der Waals surface area contributed by atoms with Crippen LogP contribution >= 0.6 is 0 Å². The summed E-state index contributed by atoms with van der Waals surface area (Å²) in [5.74, 6) is 0.523. The fraction of sp³-hybridized carbons (Fsp3) is 0.750. The quantitative estimate of drug-likeness (QED) is 0.600. The van der Waals surface area contributed by atoms with E-state index in [1.165, 1.54) is 0 Å². The molecule has 0 aromatic heterocycles. The van der Waals surface area contributed by atoms with Gasteiger partial charge in [0.15, 0.2) is 5.88 Å². The Morgan fingerprint density at radius 3 is 2.30 bits per heavy atom. The molecule has 0 unspecified atom stereocenters. The van der Waals surface area contributed by atoms with E-state index in [4.69, 9.17) is 10.5 Å². The van der Waals surface area contributed by atoms with Gasteiger partial charge in [-0.25, -0.2) is 0 Å². The first kappa shape index (κ1) is 9.34. The molecule has 0 bridgehead atoms. The molecule has 0 amide bonds. The van der Waals surface area contributed by atoms with Gasteiger partial charge in [-0.1, -0.05) is 6.92 Å². The summed E-state index contributed by atoms with van der Waals surface area (Å²) in [6.07, 6.45) is 2.78. The first-order valence-electron chi connectivity index (χ1n) is 3.60. The highest BCUT2D eigenvalue weighted by Crippen LogP contribution is 2.09. The third-order valence-electron chi connectivity index (χ3n) is 0.829. The van der Waals surface area contributed by atoms with Gasteiger partial charge >= 0.3 is 0 Å². The van der Waals surface area contributed by atoms with Crippen molar-refractivity contribution in [3.05, 3.63) is 12.0 Å². The van der Waals surface area contributed by atoms with Gasteiger partial charge in [0.25, 0.3) is 0 Å². The molecule has 0 aromatic carbocycles. The van der Waals surface area contributed by atoms with E-state index in [1.54, 1.807) is 0 Å². The molecule has 0 saturated heterocycles. The molecular formula is C8H17NO. The molecule has 0 heterocycles. The molecule has 0 fully saturated rings. The highest BCUT2D eigenvalue weighted by atomic mass is 16.5. The van der Waals surface area contributed by atoms with Crippen molar-refractivity contribution in [2.75, 3.05) is 0 Å². The highest BCUT2D eigenvalue weighted by molar-refractivity contribution is 4.87. The summed E-state index contributed by atoms with van der Waals surface area (Å²) in [5, 5.41) is 0. The van der Waals surface area contributed by atoms with Crippen LogP contribution in [0.5, 0.6) is 0 Å². The number of hydrogen-bond donors (Lipinski definition) is 1. The van der Waals surface area contributed by atoms with Crippen molar-refractivity contribution in [1.29, 1.82) is 0 Å². The SMILES string of the molecule is CC/C=C(/N)OC(C)(C)C. The summed E-state index contributed by atoms with van der Waals surface area (Å²) in [7, 11) is 0. The van der Waals surface area contributed by atoms with Crippen LogP contribution in [0.2, 0.25) is 0 Å². The van der Waals surface area contributed by atoms with E-state index in [0.29, 0.717) is 5.88 Å². The summed E-state index contributed by atoms with van der Waals surface area (Å²) in [5.41, 5.74) is 5.34. The smallest absolute Gasteiger partial charge is 0.180 e. The van der Waals surface area contributed by atoms with Crippen LogP contribution in [0, 0.1) is 0 Å². The minimum atomic E-state index is -0.171. The lowest BCUT2D eigenvalue weighted by molar-refractivity contribution is 0.0500. The van der Waals surface area contributed by atoms with Gasteiger partial charge in [-0.05, 0) is 33.3 Å². The van der Waals surface area contributed by atoms with Crippen LogP contribution < -0.4 is 5.73 Å². The molecule has 0 spiro atoms. The molecule has 0 rings (SSSR count).